The molecule has 588 valence electrons. The smallest absolute Gasteiger partial charge is 0.325 e. The van der Waals surface area contributed by atoms with Gasteiger partial charge in [0.15, 0.2) is 0 Å². The average Bonchev–Trinajstić information content (AvgIpc) is 0.977. The molecule has 5 amide bonds. The van der Waals surface area contributed by atoms with Gasteiger partial charge >= 0.3 is 35.8 Å². The van der Waals surface area contributed by atoms with Crippen molar-refractivity contribution in [3.63, 3.8) is 0 Å². The highest BCUT2D eigenvalue weighted by Gasteiger charge is 2.38. The number of rotatable bonds is 20. The number of alkyl halides is 11. The maximum atomic E-state index is 12.8. The number of hydrazine groups is 3. The SMILES string of the molecule is C1CCOC1.C[C@@H](O)[C@H](CC(=O)OC(C)(C)C)C(=O)O.C[C@H](N)C(=O)N1CCC[C@@H](C(=O)OCC(Cl)(Cl)Cl)N1.C[C@H](NC(=O)CC(C)(C)C)C(=O)N1CCC[C@@H](C(=O)OCC(Cl)(Cl)Cl)N1.C[C@H](NC(=O)[C@@H](CC(=O)OC(C)(C)C)[C@@H](C)O)C(=O)N1CCC[C@@H](C(=O)OCC(Cl)(Cl)Cl)N1.ClCCl. The number of amides is 5. The molecule has 0 aromatic heterocycles. The fourth-order valence-electron chi connectivity index (χ4n) is 8.62. The normalized spacial score (nSPS) is 19.3. The van der Waals surface area contributed by atoms with Crippen molar-refractivity contribution in [3.05, 3.63) is 0 Å². The van der Waals surface area contributed by atoms with Crippen LogP contribution in [0.4, 0.5) is 0 Å². The van der Waals surface area contributed by atoms with Gasteiger partial charge in [0.25, 0.3) is 17.7 Å². The molecule has 4 aliphatic heterocycles. The molecule has 0 bridgehead atoms. The Morgan fingerprint density at radius 1 is 0.515 bits per heavy atom. The fourth-order valence-corrected chi connectivity index (χ4v) is 9.11. The number of carbonyl (C=O) groups is 11. The van der Waals surface area contributed by atoms with Crippen molar-refractivity contribution in [3.8, 4) is 0 Å². The minimum absolute atomic E-state index is 0.173. The van der Waals surface area contributed by atoms with Crippen molar-refractivity contribution < 1.29 is 96.5 Å². The summed E-state index contributed by atoms with van der Waals surface area (Å²) >= 11 is 59.4. The second kappa shape index (κ2) is 48.4. The Kier molecular flexibility index (Phi) is 48.0. The zero-order valence-electron chi connectivity index (χ0n) is 59.3. The number of aliphatic carboxylic acids is 1. The first-order chi connectivity index (χ1) is 46.0. The fraction of sp³-hybridized carbons (Fsp3) is 0.820. The lowest BCUT2D eigenvalue weighted by atomic mass is 9.92. The van der Waals surface area contributed by atoms with Crippen LogP contribution in [0.5, 0.6) is 0 Å². The van der Waals surface area contributed by atoms with E-state index in [1.165, 1.54) is 48.6 Å². The van der Waals surface area contributed by atoms with Gasteiger partial charge in [-0.3, -0.25) is 67.8 Å². The Bertz CT molecular complexity index is 2590. The molecule has 10 atom stereocenters. The summed E-state index contributed by atoms with van der Waals surface area (Å²) in [5.41, 5.74) is 12.3. The highest BCUT2D eigenvalue weighted by Crippen LogP contribution is 2.29. The summed E-state index contributed by atoms with van der Waals surface area (Å²) in [5.74, 6) is -8.50. The summed E-state index contributed by atoms with van der Waals surface area (Å²) in [6.45, 7) is 25.4. The molecule has 0 aromatic rings. The zero-order chi connectivity index (χ0) is 78.8. The van der Waals surface area contributed by atoms with Crippen LogP contribution in [0.2, 0.25) is 0 Å². The third-order valence-electron chi connectivity index (χ3n) is 13.2. The van der Waals surface area contributed by atoms with E-state index >= 15 is 0 Å². The molecule has 10 N–H and O–H groups in total. The number of carbonyl (C=O) groups excluding carboxylic acids is 10. The first kappa shape index (κ1) is 100. The van der Waals surface area contributed by atoms with Gasteiger partial charge in [-0.1, -0.05) is 125 Å². The molecular formula is C61H102Cl11N9O20. The highest BCUT2D eigenvalue weighted by molar-refractivity contribution is 6.68. The predicted octanol–water partition coefficient (Wildman–Crippen LogP) is 7.73. The maximum Gasteiger partial charge on any atom is 0.325 e. The van der Waals surface area contributed by atoms with Gasteiger partial charge in [0.2, 0.25) is 23.2 Å². The van der Waals surface area contributed by atoms with Gasteiger partial charge in [-0.2, -0.15) is 0 Å². The number of nitrogens with one attached hydrogen (secondary N) is 5. The molecule has 4 aliphatic rings. The summed E-state index contributed by atoms with van der Waals surface area (Å²) in [4.78, 5) is 132. The Hall–Kier alpha value is -2.92. The first-order valence-electron chi connectivity index (χ1n) is 32.0. The number of aliphatic hydroxyl groups excluding tert-OH is 2. The van der Waals surface area contributed by atoms with E-state index in [0.29, 0.717) is 64.6 Å². The van der Waals surface area contributed by atoms with Gasteiger partial charge < -0.3 is 60.1 Å². The first-order valence-corrected chi connectivity index (χ1v) is 36.5. The number of carboxylic acid groups (broad SMARTS) is 1. The number of halogens is 11. The average molecular weight is 1670 g/mol. The van der Waals surface area contributed by atoms with Crippen molar-refractivity contribution in [2.45, 2.75) is 239 Å². The summed E-state index contributed by atoms with van der Waals surface area (Å²) in [6, 6.07) is -4.52. The highest BCUT2D eigenvalue weighted by atomic mass is 35.6. The summed E-state index contributed by atoms with van der Waals surface area (Å²) in [7, 11) is 0. The van der Waals surface area contributed by atoms with Crippen molar-refractivity contribution in [1.82, 2.24) is 41.9 Å². The second-order valence-corrected chi connectivity index (χ2v) is 35.0. The minimum atomic E-state index is -1.75. The number of nitrogens with two attached hydrogens (primary N) is 1. The lowest BCUT2D eigenvalue weighted by Crippen LogP contribution is -2.60. The van der Waals surface area contributed by atoms with Crippen LogP contribution in [0.15, 0.2) is 0 Å². The van der Waals surface area contributed by atoms with Crippen molar-refractivity contribution in [2.24, 2.45) is 23.0 Å². The van der Waals surface area contributed by atoms with E-state index in [2.05, 4.69) is 26.9 Å². The van der Waals surface area contributed by atoms with Crippen LogP contribution in [0.3, 0.4) is 0 Å². The van der Waals surface area contributed by atoms with E-state index in [4.69, 9.17) is 172 Å². The molecule has 4 heterocycles. The number of hydrogen-bond donors (Lipinski definition) is 9. The Morgan fingerprint density at radius 3 is 1.08 bits per heavy atom. The van der Waals surface area contributed by atoms with Crippen LogP contribution in [-0.4, -0.2) is 225 Å². The monoisotopic (exact) mass is 1670 g/mol. The third kappa shape index (κ3) is 49.6. The molecule has 4 saturated heterocycles. The molecule has 0 saturated carbocycles. The van der Waals surface area contributed by atoms with Gasteiger partial charge in [0, 0.05) is 39.3 Å². The van der Waals surface area contributed by atoms with Gasteiger partial charge in [0.05, 0.1) is 48.3 Å². The van der Waals surface area contributed by atoms with Crippen LogP contribution >= 0.6 is 128 Å². The number of ether oxygens (including phenoxy) is 6. The quantitative estimate of drug-likeness (QED) is 0.0320. The lowest BCUT2D eigenvalue weighted by molar-refractivity contribution is -0.162. The van der Waals surface area contributed by atoms with E-state index in [-0.39, 0.29) is 54.5 Å². The number of aliphatic hydroxyl groups is 2. The Morgan fingerprint density at radius 2 is 0.822 bits per heavy atom. The maximum absolute atomic E-state index is 12.8. The molecule has 0 radical (unpaired) electrons. The number of nitrogens with zero attached hydrogens (tertiary/aromatic N) is 3. The number of carboxylic acids is 1. The van der Waals surface area contributed by atoms with E-state index in [9.17, 15) is 57.8 Å². The molecule has 101 heavy (non-hydrogen) atoms. The largest absolute Gasteiger partial charge is 0.481 e. The van der Waals surface area contributed by atoms with Crippen LogP contribution in [0.1, 0.15) is 168 Å². The van der Waals surface area contributed by atoms with E-state index in [1.807, 2.05) is 20.8 Å². The van der Waals surface area contributed by atoms with Crippen LogP contribution in [-0.2, 0) is 81.2 Å². The van der Waals surface area contributed by atoms with Crippen LogP contribution < -0.4 is 32.6 Å². The molecule has 4 rings (SSSR count). The van der Waals surface area contributed by atoms with E-state index in [1.54, 1.807) is 55.4 Å². The van der Waals surface area contributed by atoms with Crippen molar-refractivity contribution in [2.75, 3.05) is 58.0 Å². The minimum Gasteiger partial charge on any atom is -0.481 e. The molecule has 0 aliphatic carbocycles. The molecule has 4 fully saturated rings. The van der Waals surface area contributed by atoms with Crippen molar-refractivity contribution >= 4 is 193 Å². The molecule has 0 aromatic carbocycles. The molecule has 0 spiro atoms. The van der Waals surface area contributed by atoms with E-state index < -0.39 is 137 Å². The Labute approximate surface area is 646 Å². The number of hydrogen-bond acceptors (Lipinski definition) is 23. The van der Waals surface area contributed by atoms with Gasteiger partial charge in [0.1, 0.15) is 61.2 Å². The standard InChI is InChI=1S/C20H32Cl3N3O7.C16H26Cl3N3O4.C10H16Cl3N3O3.C10H18O5.C4H8O.CH2Cl2/c1-11(24-16(29)13(12(2)27)9-15(28)33-19(3,4)5)17(30)26-8-6-7-14(25-26)18(31)32-10-20(21,22)23;1-10(20-12(23)8-15(2,3)4)13(24)22-7-5-6-11(21-22)14(25)26-9-16(17,18)19;1-6(14)8(17)16-4-2-3-7(15-16)9(18)19-5-10(11,12)13;1-6(11)7(9(13)14)5-8(12)15-10(2,3)4;1-2-4-5-3-1;2-1-3/h11-14,25,27H,6-10H2,1-5H3,(H,24,29);10-11,21H,5-9H2,1-4H3,(H,20,23);6-7,15H,2-5,14H2,1H3;6-7,11H,5H2,1-4H3,(H,13,14);1-4H2;1H2/t11-,12+,13-,14-;10-,11-;6-,7-;6-,7+;;/m0001../s1. The third-order valence-corrected chi connectivity index (χ3v) is 14.1. The van der Waals surface area contributed by atoms with Crippen LogP contribution in [0, 0.1) is 17.3 Å². The van der Waals surface area contributed by atoms with Gasteiger partial charge in [-0.05, 0) is 133 Å². The molecule has 0 unspecified atom stereocenters. The summed E-state index contributed by atoms with van der Waals surface area (Å²) < 4.78 is 24.8. The van der Waals surface area contributed by atoms with Crippen molar-refractivity contribution in [1.29, 1.82) is 0 Å². The number of esters is 5. The molecular weight excluding hydrogens is 1570 g/mol. The summed E-state index contributed by atoms with van der Waals surface area (Å²) in [6.07, 6.45) is 3.20. The summed E-state index contributed by atoms with van der Waals surface area (Å²) in [5, 5.41) is 37.1. The molecule has 29 nitrogen and oxygen atoms in total. The van der Waals surface area contributed by atoms with Gasteiger partial charge in [-0.15, -0.1) is 23.2 Å². The van der Waals surface area contributed by atoms with E-state index in [0.717, 1.165) is 13.2 Å². The lowest BCUT2D eigenvalue weighted by Gasteiger charge is -2.34. The predicted molar refractivity (Wildman–Crippen MR) is 386 cm³/mol. The van der Waals surface area contributed by atoms with Gasteiger partial charge in [-0.25, -0.2) is 16.3 Å². The second-order valence-electron chi connectivity index (χ2n) is 26.7. The topological polar surface area (TPSA) is 400 Å². The zero-order valence-corrected chi connectivity index (χ0v) is 67.6. The Balaban J connectivity index is 0. The molecule has 40 heteroatoms. The van der Waals surface area contributed by atoms with Crippen LogP contribution in [0.25, 0.3) is 0 Å².